The molecule has 0 spiro atoms. The lowest BCUT2D eigenvalue weighted by Gasteiger charge is -1.86. The highest BCUT2D eigenvalue weighted by Crippen LogP contribution is 1.83. The van der Waals surface area contributed by atoms with Crippen molar-refractivity contribution in [2.45, 2.75) is 12.8 Å². The van der Waals surface area contributed by atoms with Crippen LogP contribution in [-0.4, -0.2) is 17.5 Å². The van der Waals surface area contributed by atoms with E-state index in [4.69, 9.17) is 5.11 Å². The number of hydrogen-bond acceptors (Lipinski definition) is 2. The molecule has 41 valence electrons. The number of aliphatic hydroxyl groups is 1. The number of carbonyl (C=O) groups excluding carboxylic acids is 1. The Morgan fingerprint density at radius 3 is 2.43 bits per heavy atom. The number of carbonyl (C=O) groups is 1. The summed E-state index contributed by atoms with van der Waals surface area (Å²) in [5.74, 6) is 0.0162. The first-order chi connectivity index (χ1) is 3.31. The van der Waals surface area contributed by atoms with E-state index in [0.29, 0.717) is 6.42 Å². The molecule has 2 heteroatoms. The van der Waals surface area contributed by atoms with Crippen LogP contribution in [0.2, 0.25) is 0 Å². The van der Waals surface area contributed by atoms with Gasteiger partial charge in [0.15, 0.2) is 0 Å². The summed E-state index contributed by atoms with van der Waals surface area (Å²) in [6.45, 7) is 3.30. The molecule has 0 aliphatic heterocycles. The van der Waals surface area contributed by atoms with Crippen LogP contribution in [0, 0.1) is 6.92 Å². The van der Waals surface area contributed by atoms with Crippen molar-refractivity contribution in [1.29, 1.82) is 0 Å². The molecule has 0 saturated carbocycles. The zero-order chi connectivity index (χ0) is 5.70. The predicted molar refractivity (Wildman–Crippen MR) is 26.7 cm³/mol. The van der Waals surface area contributed by atoms with Gasteiger partial charge in [0.2, 0.25) is 0 Å². The van der Waals surface area contributed by atoms with Crippen LogP contribution in [0.1, 0.15) is 12.8 Å². The average molecular weight is 101 g/mol. The molecule has 0 saturated heterocycles. The van der Waals surface area contributed by atoms with Gasteiger partial charge >= 0.3 is 0 Å². The zero-order valence-corrected chi connectivity index (χ0v) is 4.18. The highest BCUT2D eigenvalue weighted by molar-refractivity contribution is 5.78. The van der Waals surface area contributed by atoms with Crippen LogP contribution in [0.15, 0.2) is 0 Å². The van der Waals surface area contributed by atoms with Crippen molar-refractivity contribution < 1.29 is 9.90 Å². The van der Waals surface area contributed by atoms with Gasteiger partial charge in [0.1, 0.15) is 5.78 Å². The van der Waals surface area contributed by atoms with Crippen molar-refractivity contribution in [3.05, 3.63) is 6.92 Å². The molecule has 2 nitrogen and oxygen atoms in total. The van der Waals surface area contributed by atoms with Gasteiger partial charge in [-0.25, -0.2) is 0 Å². The first-order valence-electron chi connectivity index (χ1n) is 2.23. The normalized spacial score (nSPS) is 8.86. The van der Waals surface area contributed by atoms with E-state index in [1.807, 2.05) is 0 Å². The molecule has 0 aliphatic carbocycles. The van der Waals surface area contributed by atoms with E-state index in [9.17, 15) is 4.79 Å². The minimum Gasteiger partial charge on any atom is -0.396 e. The van der Waals surface area contributed by atoms with E-state index in [0.717, 1.165) is 0 Å². The van der Waals surface area contributed by atoms with Gasteiger partial charge in [-0.2, -0.15) is 0 Å². The molecule has 0 atom stereocenters. The van der Waals surface area contributed by atoms with Crippen LogP contribution in [0.3, 0.4) is 0 Å². The Balaban J connectivity index is 3.00. The van der Waals surface area contributed by atoms with Crippen molar-refractivity contribution in [3.63, 3.8) is 0 Å². The maximum atomic E-state index is 10.2. The van der Waals surface area contributed by atoms with Gasteiger partial charge < -0.3 is 5.11 Å². The van der Waals surface area contributed by atoms with Gasteiger partial charge in [-0.1, -0.05) is 0 Å². The third-order valence-electron chi connectivity index (χ3n) is 0.669. The molecule has 0 rings (SSSR count). The average Bonchev–Trinajstić information content (AvgIpc) is 1.68. The predicted octanol–water partition coefficient (Wildman–Crippen LogP) is 0.162. The van der Waals surface area contributed by atoms with Gasteiger partial charge in [0.25, 0.3) is 0 Å². The lowest BCUT2D eigenvalue weighted by Crippen LogP contribution is -1.97. The molecule has 1 N–H and O–H groups in total. The summed E-state index contributed by atoms with van der Waals surface area (Å²) >= 11 is 0. The molecule has 0 aromatic heterocycles. The summed E-state index contributed by atoms with van der Waals surface area (Å²) in [4.78, 5) is 10.2. The summed E-state index contributed by atoms with van der Waals surface area (Å²) in [7, 11) is 0. The maximum Gasteiger partial charge on any atom is 0.135 e. The number of rotatable bonds is 3. The fourth-order valence-electron chi connectivity index (χ4n) is 0.250. The monoisotopic (exact) mass is 101 g/mol. The fourth-order valence-corrected chi connectivity index (χ4v) is 0.250. The van der Waals surface area contributed by atoms with Crippen LogP contribution in [0.5, 0.6) is 0 Å². The molecule has 0 bridgehead atoms. The molecule has 7 heavy (non-hydrogen) atoms. The van der Waals surface area contributed by atoms with Crippen molar-refractivity contribution in [2.75, 3.05) is 6.61 Å². The Morgan fingerprint density at radius 2 is 2.29 bits per heavy atom. The van der Waals surface area contributed by atoms with Crippen LogP contribution < -0.4 is 0 Å². The van der Waals surface area contributed by atoms with Crippen molar-refractivity contribution in [3.8, 4) is 0 Å². The molecular formula is C5H9O2. The minimum atomic E-state index is -0.0473. The Hall–Kier alpha value is -0.370. The largest absolute Gasteiger partial charge is 0.396 e. The summed E-state index contributed by atoms with van der Waals surface area (Å²) in [5.41, 5.74) is 0. The second kappa shape index (κ2) is 3.81. The Bertz CT molecular complexity index is 59.1. The molecule has 0 aliphatic rings. The van der Waals surface area contributed by atoms with Gasteiger partial charge in [0, 0.05) is 19.4 Å². The summed E-state index contributed by atoms with van der Waals surface area (Å²) in [5, 5.41) is 8.12. The molecule has 0 heterocycles. The van der Waals surface area contributed by atoms with E-state index in [1.54, 1.807) is 0 Å². The molecule has 0 amide bonds. The summed E-state index contributed by atoms with van der Waals surface area (Å²) in [6, 6.07) is 0. The highest BCUT2D eigenvalue weighted by atomic mass is 16.3. The Labute approximate surface area is 43.2 Å². The molecular weight excluding hydrogens is 92.1 g/mol. The third-order valence-corrected chi connectivity index (χ3v) is 0.669. The van der Waals surface area contributed by atoms with Gasteiger partial charge in [0.05, 0.1) is 0 Å². The Morgan fingerprint density at radius 1 is 1.71 bits per heavy atom. The standard InChI is InChI=1S/C5H9O2/c1-2-5(7)3-4-6/h6H,1-4H2. The lowest BCUT2D eigenvalue weighted by molar-refractivity contribution is -0.118. The second-order valence-electron chi connectivity index (χ2n) is 1.26. The van der Waals surface area contributed by atoms with Gasteiger partial charge in [-0.15, -0.1) is 0 Å². The third kappa shape index (κ3) is 3.46. The number of aliphatic hydroxyl groups excluding tert-OH is 1. The molecule has 0 aromatic carbocycles. The smallest absolute Gasteiger partial charge is 0.135 e. The highest BCUT2D eigenvalue weighted by Gasteiger charge is 1.92. The lowest BCUT2D eigenvalue weighted by atomic mass is 10.2. The second-order valence-corrected chi connectivity index (χ2v) is 1.26. The molecule has 0 unspecified atom stereocenters. The van der Waals surface area contributed by atoms with Crippen molar-refractivity contribution in [2.24, 2.45) is 0 Å². The minimum absolute atomic E-state index is 0.0162. The topological polar surface area (TPSA) is 37.3 Å². The molecule has 0 fully saturated rings. The van der Waals surface area contributed by atoms with E-state index >= 15 is 0 Å². The summed E-state index contributed by atoms with van der Waals surface area (Å²) < 4.78 is 0. The van der Waals surface area contributed by atoms with Crippen molar-refractivity contribution in [1.82, 2.24) is 0 Å². The van der Waals surface area contributed by atoms with Crippen LogP contribution in [0.25, 0.3) is 0 Å². The molecule has 1 radical (unpaired) electrons. The maximum absolute atomic E-state index is 10.2. The Kier molecular flexibility index (Phi) is 3.61. The first-order valence-corrected chi connectivity index (χ1v) is 2.23. The SMILES string of the molecule is [CH2]CC(=O)CCO. The van der Waals surface area contributed by atoms with Crippen molar-refractivity contribution >= 4 is 5.78 Å². The van der Waals surface area contributed by atoms with Gasteiger partial charge in [-0.05, 0) is 6.92 Å². The summed E-state index contributed by atoms with van der Waals surface area (Å²) in [6.07, 6.45) is 0.546. The first kappa shape index (κ1) is 6.63. The fraction of sp³-hybridized carbons (Fsp3) is 0.600. The quantitative estimate of drug-likeness (QED) is 0.550. The van der Waals surface area contributed by atoms with Crippen LogP contribution in [0.4, 0.5) is 0 Å². The molecule has 0 aromatic rings. The van der Waals surface area contributed by atoms with Gasteiger partial charge in [-0.3, -0.25) is 4.79 Å². The zero-order valence-electron chi connectivity index (χ0n) is 4.18. The number of ketones is 1. The van der Waals surface area contributed by atoms with E-state index in [-0.39, 0.29) is 18.8 Å². The van der Waals surface area contributed by atoms with E-state index in [2.05, 4.69) is 6.92 Å². The van der Waals surface area contributed by atoms with E-state index in [1.165, 1.54) is 0 Å². The number of hydrogen-bond donors (Lipinski definition) is 1. The van der Waals surface area contributed by atoms with E-state index < -0.39 is 0 Å². The van der Waals surface area contributed by atoms with Crippen LogP contribution in [-0.2, 0) is 4.79 Å². The number of Topliss-reactive ketones (excluding diaryl/α,β-unsaturated/α-hetero) is 1. The van der Waals surface area contributed by atoms with Crippen LogP contribution >= 0.6 is 0 Å².